The quantitative estimate of drug-likeness (QED) is 0.141. The number of rotatable bonds is 8. The van der Waals surface area contributed by atoms with Gasteiger partial charge in [0.05, 0.1) is 40.2 Å². The van der Waals surface area contributed by atoms with E-state index in [1.54, 1.807) is 4.57 Å². The molecule has 0 spiro atoms. The Morgan fingerprint density at radius 1 is 0.241 bits per heavy atom. The highest BCUT2D eigenvalue weighted by atomic mass is 15.2. The van der Waals surface area contributed by atoms with Crippen molar-refractivity contribution in [3.8, 4) is 61.3 Å². The predicted octanol–water partition coefficient (Wildman–Crippen LogP) is 28.9. The van der Waals surface area contributed by atoms with Gasteiger partial charge in [-0.3, -0.25) is 0 Å². The SMILES string of the molecule is [2H]c1c([2H])c([2H])c(-c2ccc3c(c2)N(c2c(-c4ccc(C(C)(C)C)cc4)cc(C(C)(C)C)cc2-c2cc(C(C)(C)C)cc(C(C)(C)C)c2)c2cc(C(C)(C)C)cc4c2B3c2ccc(-n3c5c([2H])c([2H])c([2H])c([2H])c5c5c([2H])c([2H])c([2H])c([2H])c53)cc2N4c2c(-c3ccc(C(C)(C)C)cc3)cc(C(C)(C)C)cc2-c2cc(C(C)(C)C)cc(C(C)(C)C)c2)c([2H])c1[2H]. The van der Waals surface area contributed by atoms with Crippen molar-refractivity contribution >= 4 is 79.0 Å². The lowest BCUT2D eigenvalue weighted by Gasteiger charge is -2.47. The van der Waals surface area contributed by atoms with Crippen LogP contribution in [0.2, 0.25) is 0 Å². The van der Waals surface area contributed by atoms with Crippen molar-refractivity contribution in [3.05, 3.63) is 286 Å². The maximum atomic E-state index is 10.0. The average molecular weight is 1480 g/mol. The van der Waals surface area contributed by atoms with E-state index in [0.29, 0.717) is 22.6 Å². The second-order valence-corrected chi connectivity index (χ2v) is 41.2. The zero-order valence-corrected chi connectivity index (χ0v) is 71.4. The van der Waals surface area contributed by atoms with Crippen LogP contribution in [-0.4, -0.2) is 11.3 Å². The summed E-state index contributed by atoms with van der Waals surface area (Å²) in [5, 5.41) is -0.0792. The monoisotopic (exact) mass is 1480 g/mol. The number of anilines is 6. The van der Waals surface area contributed by atoms with Crippen LogP contribution in [0.15, 0.2) is 236 Å². The lowest BCUT2D eigenvalue weighted by molar-refractivity contribution is 0.568. The largest absolute Gasteiger partial charge is 0.310 e. The molecule has 1 aromatic heterocycles. The molecule has 13 aromatic rings. The van der Waals surface area contributed by atoms with Gasteiger partial charge in [0, 0.05) is 61.5 Å². The van der Waals surface area contributed by atoms with Gasteiger partial charge in [0.15, 0.2) is 0 Å². The van der Waals surface area contributed by atoms with Crippen molar-refractivity contribution in [2.24, 2.45) is 0 Å². The van der Waals surface area contributed by atoms with E-state index in [0.717, 1.165) is 134 Å². The van der Waals surface area contributed by atoms with Gasteiger partial charge in [-0.1, -0.05) is 357 Å². The van der Waals surface area contributed by atoms with E-state index in [-0.39, 0.29) is 71.9 Å². The van der Waals surface area contributed by atoms with E-state index in [4.69, 9.17) is 1.37 Å². The number of nitrogens with zero attached hydrogens (tertiary/aromatic N) is 3. The highest BCUT2D eigenvalue weighted by Crippen LogP contribution is 2.57. The summed E-state index contributed by atoms with van der Waals surface area (Å²) in [7, 11) is 0. The molecule has 570 valence electrons. The van der Waals surface area contributed by atoms with Crippen molar-refractivity contribution in [1.82, 2.24) is 4.57 Å². The Balaban J connectivity index is 1.24. The first-order chi connectivity index (χ1) is 57.6. The number of hydrogen-bond donors (Lipinski definition) is 0. The molecular weight excluding hydrogens is 1350 g/mol. The summed E-state index contributed by atoms with van der Waals surface area (Å²) in [5.41, 5.74) is 22.5. The minimum atomic E-state index is -0.713. The summed E-state index contributed by atoms with van der Waals surface area (Å²) in [6.07, 6.45) is 0. The molecule has 3 heterocycles. The molecule has 0 saturated carbocycles. The Morgan fingerprint density at radius 2 is 0.545 bits per heavy atom. The Morgan fingerprint density at radius 3 is 0.911 bits per heavy atom. The van der Waals surface area contributed by atoms with Gasteiger partial charge in [0.2, 0.25) is 0 Å². The maximum Gasteiger partial charge on any atom is 0.252 e. The van der Waals surface area contributed by atoms with E-state index in [1.165, 1.54) is 0 Å². The highest BCUT2D eigenvalue weighted by Gasteiger charge is 2.47. The van der Waals surface area contributed by atoms with Crippen LogP contribution in [0.3, 0.4) is 0 Å². The lowest BCUT2D eigenvalue weighted by atomic mass is 9.33. The summed E-state index contributed by atoms with van der Waals surface area (Å²) >= 11 is 0. The highest BCUT2D eigenvalue weighted by molar-refractivity contribution is 7.00. The van der Waals surface area contributed by atoms with Crippen molar-refractivity contribution in [3.63, 3.8) is 0 Å². The number of benzene rings is 12. The van der Waals surface area contributed by atoms with Crippen LogP contribution in [-0.2, 0) is 48.7 Å². The Bertz CT molecular complexity index is 6510. The Kier molecular flexibility index (Phi) is 15.0. The Labute approximate surface area is 691 Å². The second-order valence-electron chi connectivity index (χ2n) is 41.2. The fourth-order valence-electron chi connectivity index (χ4n) is 16.4. The lowest BCUT2D eigenvalue weighted by Crippen LogP contribution is -2.61. The van der Waals surface area contributed by atoms with Crippen LogP contribution in [0.25, 0.3) is 83.1 Å². The van der Waals surface area contributed by atoms with E-state index < -0.39 is 89.4 Å². The van der Waals surface area contributed by atoms with Gasteiger partial charge in [0.25, 0.3) is 6.71 Å². The first-order valence-electron chi connectivity index (χ1n) is 46.7. The number of aromatic nitrogens is 1. The van der Waals surface area contributed by atoms with Gasteiger partial charge in [0.1, 0.15) is 0 Å². The third-order valence-electron chi connectivity index (χ3n) is 23.5. The fourth-order valence-corrected chi connectivity index (χ4v) is 16.4. The third-order valence-corrected chi connectivity index (χ3v) is 23.5. The van der Waals surface area contributed by atoms with Gasteiger partial charge in [-0.2, -0.15) is 0 Å². The summed E-state index contributed by atoms with van der Waals surface area (Å²) in [5.74, 6) is 0. The van der Waals surface area contributed by atoms with Crippen LogP contribution in [0.5, 0.6) is 0 Å². The number of fused-ring (bicyclic) bond motifs is 7. The van der Waals surface area contributed by atoms with Crippen molar-refractivity contribution in [2.45, 2.75) is 236 Å². The molecule has 0 radical (unpaired) electrons. The number of para-hydroxylation sites is 2. The van der Waals surface area contributed by atoms with E-state index in [1.807, 2.05) is 18.2 Å². The van der Waals surface area contributed by atoms with Crippen LogP contribution in [0.4, 0.5) is 34.1 Å². The van der Waals surface area contributed by atoms with Crippen LogP contribution < -0.4 is 26.2 Å². The maximum absolute atomic E-state index is 10.0. The van der Waals surface area contributed by atoms with Crippen LogP contribution in [0.1, 0.15) is 255 Å². The van der Waals surface area contributed by atoms with E-state index in [2.05, 4.69) is 336 Å². The van der Waals surface area contributed by atoms with Gasteiger partial charge in [-0.15, -0.1) is 0 Å². The molecule has 0 atom stereocenters. The molecule has 12 aromatic carbocycles. The predicted molar refractivity (Wildman–Crippen MR) is 490 cm³/mol. The molecule has 0 N–H and O–H groups in total. The third kappa shape index (κ3) is 14.1. The van der Waals surface area contributed by atoms with Crippen LogP contribution in [0, 0.1) is 0 Å². The standard InChI is InChI=1S/C108H120BN3/c1-100(2,3)73-46-41-68(42-47-73)85-60-79(106(19,20)21)62-87(71-53-75(102(7,8)9)58-76(54-71)103(10,11)12)98(85)111-93-57-70(67-35-29-28-30-36-67)45-51-89(93)109-90-52-50-82(110-91-39-33-31-37-83(91)84-38-32-34-40-92(84)110)66-94(90)112(96-65-81(108(25,26)27)64-95(111)97(96)109)99-86(69-43-48-74(49-44-69)101(4,5)6)61-80(107(22,23)24)63-88(99)72-55-77(104(13,14)15)59-78(56-72)105(16,17)18/h28-66H,1-27H3/i28D,29D,30D,31D,32D,33D,34D,35D,36D,37D,38D,39D,40D. The molecule has 0 fully saturated rings. The molecule has 0 saturated heterocycles. The summed E-state index contributed by atoms with van der Waals surface area (Å²) in [4.78, 5) is 4.92. The molecule has 2 aliphatic rings. The van der Waals surface area contributed by atoms with E-state index >= 15 is 0 Å². The minimum absolute atomic E-state index is 0.0137. The summed E-state index contributed by atoms with van der Waals surface area (Å²) in [6, 6.07) is 52.8. The first kappa shape index (κ1) is 62.6. The molecular formula is C108H120BN3. The fraction of sp³-hybridized carbons (Fsp3) is 0.333. The van der Waals surface area contributed by atoms with Gasteiger partial charge < -0.3 is 14.4 Å². The first-order valence-corrected chi connectivity index (χ1v) is 40.2. The van der Waals surface area contributed by atoms with Crippen molar-refractivity contribution < 1.29 is 17.8 Å². The zero-order chi connectivity index (χ0) is 91.8. The van der Waals surface area contributed by atoms with Gasteiger partial charge in [-0.25, -0.2) is 0 Å². The molecule has 4 heteroatoms. The normalized spacial score (nSPS) is 15.4. The zero-order valence-electron chi connectivity index (χ0n) is 84.4. The molecule has 3 nitrogen and oxygen atoms in total. The molecule has 0 amide bonds. The smallest absolute Gasteiger partial charge is 0.252 e. The van der Waals surface area contributed by atoms with Gasteiger partial charge in [-0.05, 0) is 215 Å². The summed E-state index contributed by atoms with van der Waals surface area (Å²) in [6.45, 7) is 60.3. The molecule has 0 bridgehead atoms. The van der Waals surface area contributed by atoms with Crippen molar-refractivity contribution in [2.75, 3.05) is 9.80 Å². The average Bonchev–Trinajstić information content (AvgIpc) is 1.01. The second kappa shape index (κ2) is 26.9. The molecule has 0 aliphatic carbocycles. The summed E-state index contributed by atoms with van der Waals surface area (Å²) < 4.78 is 126. The number of hydrogen-bond acceptors (Lipinski definition) is 2. The topological polar surface area (TPSA) is 11.4 Å². The Hall–Kier alpha value is -9.90. The van der Waals surface area contributed by atoms with E-state index in [9.17, 15) is 16.4 Å². The van der Waals surface area contributed by atoms with Crippen LogP contribution >= 0.6 is 0 Å². The van der Waals surface area contributed by atoms with Gasteiger partial charge >= 0.3 is 0 Å². The molecule has 112 heavy (non-hydrogen) atoms. The molecule has 0 unspecified atom stereocenters. The molecule has 15 rings (SSSR count). The minimum Gasteiger partial charge on any atom is -0.310 e. The molecule has 2 aliphatic heterocycles. The van der Waals surface area contributed by atoms with Crippen molar-refractivity contribution in [1.29, 1.82) is 0 Å².